The van der Waals surface area contributed by atoms with Gasteiger partial charge in [-0.15, -0.1) is 0 Å². The average Bonchev–Trinajstić information content (AvgIpc) is 2.81. The quantitative estimate of drug-likeness (QED) is 0.158. The van der Waals surface area contributed by atoms with Gasteiger partial charge in [0.2, 0.25) is 11.2 Å². The van der Waals surface area contributed by atoms with Crippen LogP contribution in [0.1, 0.15) is 12.8 Å². The zero-order valence-corrected chi connectivity index (χ0v) is 18.8. The molecule has 0 amide bonds. The molecule has 0 unspecified atom stereocenters. The summed E-state index contributed by atoms with van der Waals surface area (Å²) in [5.41, 5.74) is -0.101. The lowest BCUT2D eigenvalue weighted by molar-refractivity contribution is -0.134. The number of benzene rings is 3. The van der Waals surface area contributed by atoms with Crippen molar-refractivity contribution in [2.75, 3.05) is 6.61 Å². The fourth-order valence-corrected chi connectivity index (χ4v) is 3.29. The third-order valence-corrected chi connectivity index (χ3v) is 5.17. The highest BCUT2D eigenvalue weighted by Crippen LogP contribution is 2.29. The molecule has 3 aromatic carbocycles. The minimum absolute atomic E-state index is 0.000956. The molecule has 1 heterocycles. The van der Waals surface area contributed by atoms with Gasteiger partial charge in [0.1, 0.15) is 29.1 Å². The molecule has 0 aliphatic heterocycles. The molecule has 1 aromatic heterocycles. The Morgan fingerprint density at radius 1 is 0.909 bits per heavy atom. The van der Waals surface area contributed by atoms with Crippen LogP contribution in [0, 0.1) is 0 Å². The van der Waals surface area contributed by atoms with E-state index in [9.17, 15) is 9.59 Å². The smallest absolute Gasteiger partial charge is 0.311 e. The SMILES string of the molecule is O=C(CCCOc1ccc(Cl)cc1)Oc1ccc2c(=O)c(Oc3ccccc3Cl)coc2c1. The predicted octanol–water partition coefficient (Wildman–Crippen LogP) is 6.66. The molecule has 0 aliphatic carbocycles. The lowest BCUT2D eigenvalue weighted by atomic mass is 10.2. The van der Waals surface area contributed by atoms with Crippen LogP contribution >= 0.6 is 23.2 Å². The summed E-state index contributed by atoms with van der Waals surface area (Å²) in [7, 11) is 0. The highest BCUT2D eigenvalue weighted by molar-refractivity contribution is 6.32. The first-order chi connectivity index (χ1) is 16.0. The van der Waals surface area contributed by atoms with E-state index in [1.54, 1.807) is 48.5 Å². The number of halogens is 2. The molecule has 0 fully saturated rings. The van der Waals surface area contributed by atoms with Gasteiger partial charge in [-0.3, -0.25) is 9.59 Å². The Kier molecular flexibility index (Phi) is 7.17. The molecule has 6 nitrogen and oxygen atoms in total. The van der Waals surface area contributed by atoms with Gasteiger partial charge in [-0.25, -0.2) is 0 Å². The van der Waals surface area contributed by atoms with Gasteiger partial charge in [-0.1, -0.05) is 35.3 Å². The second kappa shape index (κ2) is 10.4. The molecule has 0 radical (unpaired) electrons. The van der Waals surface area contributed by atoms with E-state index in [0.29, 0.717) is 34.6 Å². The van der Waals surface area contributed by atoms with Crippen LogP contribution in [0.5, 0.6) is 23.0 Å². The number of hydrogen-bond donors (Lipinski definition) is 0. The number of ether oxygens (including phenoxy) is 3. The number of esters is 1. The van der Waals surface area contributed by atoms with Crippen LogP contribution in [-0.2, 0) is 4.79 Å². The summed E-state index contributed by atoms with van der Waals surface area (Å²) in [5, 5.41) is 1.29. The molecule has 4 rings (SSSR count). The normalized spacial score (nSPS) is 10.7. The first-order valence-corrected chi connectivity index (χ1v) is 10.8. The fourth-order valence-electron chi connectivity index (χ4n) is 2.99. The topological polar surface area (TPSA) is 75.0 Å². The molecule has 8 heteroatoms. The Morgan fingerprint density at radius 2 is 1.67 bits per heavy atom. The second-order valence-electron chi connectivity index (χ2n) is 7.00. The third-order valence-electron chi connectivity index (χ3n) is 4.61. The van der Waals surface area contributed by atoms with E-state index >= 15 is 0 Å². The third kappa shape index (κ3) is 5.86. The predicted molar refractivity (Wildman–Crippen MR) is 126 cm³/mol. The van der Waals surface area contributed by atoms with E-state index in [2.05, 4.69) is 0 Å². The number of fused-ring (bicyclic) bond motifs is 1. The van der Waals surface area contributed by atoms with Gasteiger partial charge in [0.05, 0.1) is 17.0 Å². The highest BCUT2D eigenvalue weighted by atomic mass is 35.5. The average molecular weight is 485 g/mol. The molecule has 168 valence electrons. The van der Waals surface area contributed by atoms with Gasteiger partial charge < -0.3 is 18.6 Å². The van der Waals surface area contributed by atoms with Crippen molar-refractivity contribution in [3.8, 4) is 23.0 Å². The number of para-hydroxylation sites is 1. The first-order valence-electron chi connectivity index (χ1n) is 10.1. The van der Waals surface area contributed by atoms with Crippen LogP contribution in [0.2, 0.25) is 10.0 Å². The van der Waals surface area contributed by atoms with E-state index < -0.39 is 5.97 Å². The van der Waals surface area contributed by atoms with Crippen molar-refractivity contribution in [1.82, 2.24) is 0 Å². The van der Waals surface area contributed by atoms with Crippen LogP contribution in [0.25, 0.3) is 11.0 Å². The van der Waals surface area contributed by atoms with E-state index in [1.165, 1.54) is 24.5 Å². The standard InChI is InChI=1S/C25H18Cl2O6/c26-16-7-9-17(10-8-16)30-13-3-6-24(28)32-18-11-12-19-22(14-18)31-15-23(25(19)29)33-21-5-2-1-4-20(21)27/h1-2,4-5,7-12,14-15H,3,6,13H2. The van der Waals surface area contributed by atoms with Crippen molar-refractivity contribution in [2.45, 2.75) is 12.8 Å². The Morgan fingerprint density at radius 3 is 2.45 bits per heavy atom. The van der Waals surface area contributed by atoms with Crippen molar-refractivity contribution in [2.24, 2.45) is 0 Å². The number of hydrogen-bond acceptors (Lipinski definition) is 6. The number of rotatable bonds is 8. The van der Waals surface area contributed by atoms with Gasteiger partial charge in [0, 0.05) is 17.5 Å². The summed E-state index contributed by atoms with van der Waals surface area (Å²) in [6.07, 6.45) is 1.85. The Labute approximate surface area is 199 Å². The summed E-state index contributed by atoms with van der Waals surface area (Å²) >= 11 is 11.9. The first kappa shape index (κ1) is 22.7. The molecule has 4 aromatic rings. The van der Waals surface area contributed by atoms with Crippen molar-refractivity contribution in [3.63, 3.8) is 0 Å². The minimum atomic E-state index is -0.421. The van der Waals surface area contributed by atoms with Crippen molar-refractivity contribution in [1.29, 1.82) is 0 Å². The van der Waals surface area contributed by atoms with Gasteiger partial charge in [-0.05, 0) is 55.0 Å². The van der Waals surface area contributed by atoms with Gasteiger partial charge in [0.15, 0.2) is 0 Å². The van der Waals surface area contributed by atoms with Crippen LogP contribution in [0.3, 0.4) is 0 Å². The van der Waals surface area contributed by atoms with Crippen LogP contribution in [-0.4, -0.2) is 12.6 Å². The zero-order valence-electron chi connectivity index (χ0n) is 17.3. The van der Waals surface area contributed by atoms with E-state index in [-0.39, 0.29) is 34.3 Å². The maximum absolute atomic E-state index is 12.7. The van der Waals surface area contributed by atoms with Crippen molar-refractivity contribution >= 4 is 40.1 Å². The molecule has 0 saturated heterocycles. The maximum atomic E-state index is 12.7. The number of carbonyl (C=O) groups is 1. The zero-order chi connectivity index (χ0) is 23.2. The lowest BCUT2D eigenvalue weighted by Gasteiger charge is -2.08. The van der Waals surface area contributed by atoms with Crippen LogP contribution in [0.15, 0.2) is 82.2 Å². The second-order valence-corrected chi connectivity index (χ2v) is 7.84. The summed E-state index contributed by atoms with van der Waals surface area (Å²) in [4.78, 5) is 24.9. The van der Waals surface area contributed by atoms with E-state index in [4.69, 9.17) is 41.8 Å². The van der Waals surface area contributed by atoms with Gasteiger partial charge in [-0.2, -0.15) is 0 Å². The summed E-state index contributed by atoms with van der Waals surface area (Å²) in [5.74, 6) is 0.872. The molecule has 0 spiro atoms. The Bertz CT molecular complexity index is 1330. The van der Waals surface area contributed by atoms with Gasteiger partial charge >= 0.3 is 5.97 Å². The number of carbonyl (C=O) groups excluding carboxylic acids is 1. The van der Waals surface area contributed by atoms with E-state index in [0.717, 1.165) is 0 Å². The van der Waals surface area contributed by atoms with E-state index in [1.807, 2.05) is 0 Å². The summed E-state index contributed by atoms with van der Waals surface area (Å²) in [6, 6.07) is 18.3. The highest BCUT2D eigenvalue weighted by Gasteiger charge is 2.13. The lowest BCUT2D eigenvalue weighted by Crippen LogP contribution is -2.10. The maximum Gasteiger partial charge on any atom is 0.311 e. The van der Waals surface area contributed by atoms with Crippen molar-refractivity contribution < 1.29 is 23.4 Å². The summed E-state index contributed by atoms with van der Waals surface area (Å²) < 4.78 is 22.0. The molecule has 0 atom stereocenters. The fraction of sp³-hybridized carbons (Fsp3) is 0.120. The Balaban J connectivity index is 1.35. The molecule has 0 aliphatic rings. The van der Waals surface area contributed by atoms with Crippen LogP contribution in [0.4, 0.5) is 0 Å². The Hall–Kier alpha value is -3.48. The van der Waals surface area contributed by atoms with Gasteiger partial charge in [0.25, 0.3) is 0 Å². The minimum Gasteiger partial charge on any atom is -0.494 e. The molecule has 33 heavy (non-hydrogen) atoms. The molecular weight excluding hydrogens is 467 g/mol. The monoisotopic (exact) mass is 484 g/mol. The van der Waals surface area contributed by atoms with Crippen LogP contribution < -0.4 is 19.6 Å². The molecule has 0 bridgehead atoms. The largest absolute Gasteiger partial charge is 0.494 e. The van der Waals surface area contributed by atoms with Crippen molar-refractivity contribution in [3.05, 3.63) is 93.3 Å². The molecule has 0 saturated carbocycles. The molecule has 0 N–H and O–H groups in total. The summed E-state index contributed by atoms with van der Waals surface area (Å²) in [6.45, 7) is 0.359. The molecular formula is C25H18Cl2O6.